The van der Waals surface area contributed by atoms with Crippen molar-refractivity contribution in [2.24, 2.45) is 0 Å². The standard InChI is InChI=1S/C13H17FN2O5S/c1-8-3-11(4-9(2)20-8)16-13(17)10-5-12(7-15-6-10)21-22(14,18)19/h5-9,11H,3-4H2,1-2H3,(H,16,17). The molecule has 2 rings (SSSR count). The van der Waals surface area contributed by atoms with Gasteiger partial charge in [0.25, 0.3) is 5.91 Å². The summed E-state index contributed by atoms with van der Waals surface area (Å²) in [7, 11) is -5.15. The van der Waals surface area contributed by atoms with Gasteiger partial charge in [-0.1, -0.05) is 3.89 Å². The van der Waals surface area contributed by atoms with Crippen molar-refractivity contribution in [3.8, 4) is 5.75 Å². The summed E-state index contributed by atoms with van der Waals surface area (Å²) >= 11 is 0. The quantitative estimate of drug-likeness (QED) is 0.837. The van der Waals surface area contributed by atoms with E-state index >= 15 is 0 Å². The minimum absolute atomic E-state index is 0.0403. The number of carbonyl (C=O) groups excluding carboxylic acids is 1. The first-order valence-electron chi connectivity index (χ1n) is 6.78. The number of hydrogen-bond donors (Lipinski definition) is 1. The van der Waals surface area contributed by atoms with Crippen LogP contribution in [0.25, 0.3) is 0 Å². The lowest BCUT2D eigenvalue weighted by atomic mass is 9.99. The van der Waals surface area contributed by atoms with E-state index in [1.54, 1.807) is 0 Å². The van der Waals surface area contributed by atoms with Crippen LogP contribution < -0.4 is 9.50 Å². The highest BCUT2D eigenvalue weighted by Crippen LogP contribution is 2.20. The fraction of sp³-hybridized carbons (Fsp3) is 0.538. The summed E-state index contributed by atoms with van der Waals surface area (Å²) in [5.41, 5.74) is 0.0907. The second-order valence-corrected chi connectivity index (χ2v) is 6.24. The van der Waals surface area contributed by atoms with Crippen LogP contribution in [0.3, 0.4) is 0 Å². The topological polar surface area (TPSA) is 94.6 Å². The van der Waals surface area contributed by atoms with Crippen LogP contribution >= 0.6 is 0 Å². The molecule has 1 aliphatic heterocycles. The maximum atomic E-state index is 12.5. The lowest BCUT2D eigenvalue weighted by molar-refractivity contribution is -0.0408. The molecule has 1 fully saturated rings. The van der Waals surface area contributed by atoms with Crippen LogP contribution in [-0.4, -0.2) is 37.6 Å². The number of halogens is 1. The fourth-order valence-corrected chi connectivity index (χ4v) is 2.82. The van der Waals surface area contributed by atoms with Gasteiger partial charge in [0.15, 0.2) is 5.75 Å². The van der Waals surface area contributed by atoms with E-state index in [2.05, 4.69) is 14.5 Å². The molecule has 7 nitrogen and oxygen atoms in total. The Morgan fingerprint density at radius 3 is 2.59 bits per heavy atom. The number of pyridine rings is 1. The molecule has 0 saturated carbocycles. The smallest absolute Gasteiger partial charge is 0.375 e. The van der Waals surface area contributed by atoms with Crippen LogP contribution in [-0.2, 0) is 15.2 Å². The molecular weight excluding hydrogens is 315 g/mol. The largest absolute Gasteiger partial charge is 0.488 e. The van der Waals surface area contributed by atoms with E-state index in [-0.39, 0.29) is 29.6 Å². The number of carbonyl (C=O) groups is 1. The zero-order chi connectivity index (χ0) is 16.3. The second-order valence-electron chi connectivity index (χ2n) is 5.28. The molecule has 1 amide bonds. The summed E-state index contributed by atoms with van der Waals surface area (Å²) in [5, 5.41) is 2.83. The number of ether oxygens (including phenoxy) is 1. The van der Waals surface area contributed by atoms with E-state index in [0.29, 0.717) is 12.8 Å². The first-order valence-corrected chi connectivity index (χ1v) is 8.09. The minimum Gasteiger partial charge on any atom is -0.375 e. The number of amides is 1. The van der Waals surface area contributed by atoms with Crippen molar-refractivity contribution < 1.29 is 26.0 Å². The van der Waals surface area contributed by atoms with Crippen molar-refractivity contribution >= 4 is 16.4 Å². The van der Waals surface area contributed by atoms with E-state index in [1.165, 1.54) is 6.20 Å². The molecule has 2 heterocycles. The SMILES string of the molecule is CC1CC(NC(=O)c2cncc(OS(=O)(=O)F)c2)CC(C)O1. The van der Waals surface area contributed by atoms with Gasteiger partial charge in [-0.3, -0.25) is 9.78 Å². The van der Waals surface area contributed by atoms with Gasteiger partial charge in [0.2, 0.25) is 0 Å². The predicted molar refractivity (Wildman–Crippen MR) is 75.4 cm³/mol. The first kappa shape index (κ1) is 16.6. The van der Waals surface area contributed by atoms with Gasteiger partial charge in [0.1, 0.15) is 0 Å². The van der Waals surface area contributed by atoms with Crippen LogP contribution in [0.2, 0.25) is 0 Å². The Balaban J connectivity index is 2.05. The summed E-state index contributed by atoms with van der Waals surface area (Å²) in [6, 6.07) is 1.06. The molecule has 0 aliphatic carbocycles. The summed E-state index contributed by atoms with van der Waals surface area (Å²) < 4.78 is 43.0. The highest BCUT2D eigenvalue weighted by Gasteiger charge is 2.26. The molecule has 1 aromatic rings. The molecule has 1 N–H and O–H groups in total. The number of nitrogens with zero attached hydrogens (tertiary/aromatic N) is 1. The third kappa shape index (κ3) is 4.92. The Morgan fingerprint density at radius 2 is 2.00 bits per heavy atom. The van der Waals surface area contributed by atoms with Crippen molar-refractivity contribution in [2.45, 2.75) is 44.9 Å². The Morgan fingerprint density at radius 1 is 1.36 bits per heavy atom. The molecule has 0 bridgehead atoms. The average molecular weight is 332 g/mol. The number of hydrogen-bond acceptors (Lipinski definition) is 6. The molecule has 2 unspecified atom stereocenters. The lowest BCUT2D eigenvalue weighted by Crippen LogP contribution is -2.43. The maximum Gasteiger partial charge on any atom is 0.488 e. The van der Waals surface area contributed by atoms with Gasteiger partial charge in [-0.2, -0.15) is 8.42 Å². The van der Waals surface area contributed by atoms with Crippen LogP contribution in [0.1, 0.15) is 37.0 Å². The van der Waals surface area contributed by atoms with Crippen molar-refractivity contribution in [1.82, 2.24) is 10.3 Å². The Kier molecular flexibility index (Phi) is 4.97. The summed E-state index contributed by atoms with van der Waals surface area (Å²) in [6.45, 7) is 3.86. The van der Waals surface area contributed by atoms with Crippen LogP contribution in [0.5, 0.6) is 5.75 Å². The van der Waals surface area contributed by atoms with Crippen molar-refractivity contribution in [2.75, 3.05) is 0 Å². The third-order valence-electron chi connectivity index (χ3n) is 3.20. The van der Waals surface area contributed by atoms with Crippen molar-refractivity contribution in [1.29, 1.82) is 0 Å². The molecular formula is C13H17FN2O5S. The Labute approximate surface area is 128 Å². The van der Waals surface area contributed by atoms with Crippen molar-refractivity contribution in [3.05, 3.63) is 24.0 Å². The zero-order valence-electron chi connectivity index (χ0n) is 12.2. The number of nitrogens with one attached hydrogen (secondary N) is 1. The average Bonchev–Trinajstić information content (AvgIpc) is 2.35. The van der Waals surface area contributed by atoms with E-state index in [9.17, 15) is 17.1 Å². The monoisotopic (exact) mass is 332 g/mol. The molecule has 0 aromatic carbocycles. The van der Waals surface area contributed by atoms with Crippen LogP contribution in [0.15, 0.2) is 18.5 Å². The van der Waals surface area contributed by atoms with Gasteiger partial charge < -0.3 is 14.2 Å². The molecule has 1 aromatic heterocycles. The molecule has 2 atom stereocenters. The fourth-order valence-electron chi connectivity index (χ4n) is 2.50. The summed E-state index contributed by atoms with van der Waals surface area (Å²) in [4.78, 5) is 15.8. The van der Waals surface area contributed by atoms with E-state index in [4.69, 9.17) is 4.74 Å². The first-order chi connectivity index (χ1) is 10.2. The molecule has 1 aliphatic rings. The third-order valence-corrected chi connectivity index (χ3v) is 3.60. The summed E-state index contributed by atoms with van der Waals surface area (Å²) in [6.07, 6.45) is 3.69. The van der Waals surface area contributed by atoms with Gasteiger partial charge >= 0.3 is 10.5 Å². The van der Waals surface area contributed by atoms with Crippen LogP contribution in [0.4, 0.5) is 3.89 Å². The predicted octanol–water partition coefficient (Wildman–Crippen LogP) is 1.36. The Hall–Kier alpha value is -1.74. The lowest BCUT2D eigenvalue weighted by Gasteiger charge is -2.32. The van der Waals surface area contributed by atoms with Gasteiger partial charge in [0.05, 0.1) is 24.0 Å². The zero-order valence-corrected chi connectivity index (χ0v) is 13.0. The van der Waals surface area contributed by atoms with E-state index in [1.807, 2.05) is 13.8 Å². The summed E-state index contributed by atoms with van der Waals surface area (Å²) in [5.74, 6) is -0.788. The molecule has 0 spiro atoms. The van der Waals surface area contributed by atoms with Crippen LogP contribution in [0, 0.1) is 0 Å². The van der Waals surface area contributed by atoms with Gasteiger partial charge in [-0.15, -0.1) is 0 Å². The van der Waals surface area contributed by atoms with Gasteiger partial charge in [0, 0.05) is 12.2 Å². The number of aromatic nitrogens is 1. The van der Waals surface area contributed by atoms with Gasteiger partial charge in [-0.05, 0) is 32.8 Å². The molecule has 1 saturated heterocycles. The van der Waals surface area contributed by atoms with E-state index in [0.717, 1.165) is 12.3 Å². The van der Waals surface area contributed by atoms with Crippen molar-refractivity contribution in [3.63, 3.8) is 0 Å². The second kappa shape index (κ2) is 6.57. The molecule has 0 radical (unpaired) electrons. The molecule has 122 valence electrons. The maximum absolute atomic E-state index is 12.5. The normalized spacial score (nSPS) is 25.5. The van der Waals surface area contributed by atoms with E-state index < -0.39 is 16.4 Å². The minimum atomic E-state index is -5.15. The van der Waals surface area contributed by atoms with Gasteiger partial charge in [-0.25, -0.2) is 0 Å². The highest BCUT2D eigenvalue weighted by atomic mass is 32.3. The highest BCUT2D eigenvalue weighted by molar-refractivity contribution is 7.81. The Bertz CT molecular complexity index is 642. The molecule has 22 heavy (non-hydrogen) atoms. The number of rotatable bonds is 4. The molecule has 9 heteroatoms.